The minimum atomic E-state index is 0.890. The fraction of sp³-hybridized carbons (Fsp3) is 0.0800. The Balaban J connectivity index is 1.87. The quantitative estimate of drug-likeness (QED) is 0.241. The van der Waals surface area contributed by atoms with Gasteiger partial charge in [-0.2, -0.15) is 0 Å². The van der Waals surface area contributed by atoms with Gasteiger partial charge in [0.05, 0.1) is 11.0 Å². The molecule has 4 heteroatoms. The van der Waals surface area contributed by atoms with E-state index >= 15 is 0 Å². The number of imidazole rings is 1. The van der Waals surface area contributed by atoms with E-state index in [1.54, 1.807) is 0 Å². The fourth-order valence-electron chi connectivity index (χ4n) is 4.08. The Kier molecular flexibility index (Phi) is 4.56. The summed E-state index contributed by atoms with van der Waals surface area (Å²) < 4.78 is 2.12. The number of benzene rings is 4. The van der Waals surface area contributed by atoms with E-state index in [0.29, 0.717) is 0 Å². The molecule has 29 heavy (non-hydrogen) atoms. The maximum Gasteiger partial charge on any atom is 0.138 e. The van der Waals surface area contributed by atoms with Crippen molar-refractivity contribution in [2.24, 2.45) is 0 Å². The summed E-state index contributed by atoms with van der Waals surface area (Å²) in [6, 6.07) is 21.3. The summed E-state index contributed by atoms with van der Waals surface area (Å²) >= 11 is 7.24. The molecule has 0 radical (unpaired) electrons. The Hall–Kier alpha value is -2.43. The van der Waals surface area contributed by atoms with Gasteiger partial charge in [-0.3, -0.25) is 0 Å². The van der Waals surface area contributed by atoms with Gasteiger partial charge in [0.2, 0.25) is 0 Å². The van der Waals surface area contributed by atoms with E-state index in [1.165, 1.54) is 27.3 Å². The third-order valence-electron chi connectivity index (χ3n) is 5.46. The molecular formula is C25H18Br2N2. The number of halogens is 2. The molecule has 0 fully saturated rings. The van der Waals surface area contributed by atoms with Crippen molar-refractivity contribution in [3.8, 4) is 0 Å². The summed E-state index contributed by atoms with van der Waals surface area (Å²) in [5.74, 6) is 0.890. The average Bonchev–Trinajstić information content (AvgIpc) is 3.17. The summed E-state index contributed by atoms with van der Waals surface area (Å²) in [4.78, 5) is 8.73. The average molecular weight is 506 g/mol. The van der Waals surface area contributed by atoms with Crippen molar-refractivity contribution in [2.45, 2.75) is 13.8 Å². The zero-order chi connectivity index (χ0) is 20.1. The zero-order valence-electron chi connectivity index (χ0n) is 16.1. The van der Waals surface area contributed by atoms with E-state index in [2.05, 4.69) is 117 Å². The van der Waals surface area contributed by atoms with Gasteiger partial charge in [-0.1, -0.05) is 74.3 Å². The number of H-pyrrole nitrogens is 1. The predicted octanol–water partition coefficient (Wildman–Crippen LogP) is 8.15. The normalized spacial score (nSPS) is 12.3. The van der Waals surface area contributed by atoms with Gasteiger partial charge >= 0.3 is 0 Å². The molecule has 0 aliphatic rings. The zero-order valence-corrected chi connectivity index (χ0v) is 19.2. The molecule has 5 rings (SSSR count). The lowest BCUT2D eigenvalue weighted by molar-refractivity contribution is 1.25. The predicted molar refractivity (Wildman–Crippen MR) is 130 cm³/mol. The van der Waals surface area contributed by atoms with Crippen LogP contribution >= 0.6 is 31.9 Å². The van der Waals surface area contributed by atoms with Gasteiger partial charge < -0.3 is 4.98 Å². The molecule has 2 nitrogen and oxygen atoms in total. The number of nitrogens with zero attached hydrogens (tertiary/aromatic N) is 1. The molecule has 0 unspecified atom stereocenters. The van der Waals surface area contributed by atoms with E-state index in [-0.39, 0.29) is 0 Å². The third kappa shape index (κ3) is 3.02. The topological polar surface area (TPSA) is 28.7 Å². The second kappa shape index (κ2) is 7.12. The molecule has 0 spiro atoms. The van der Waals surface area contributed by atoms with Crippen LogP contribution in [0.5, 0.6) is 0 Å². The lowest BCUT2D eigenvalue weighted by atomic mass is 10.00. The van der Waals surface area contributed by atoms with Gasteiger partial charge in [0.1, 0.15) is 5.82 Å². The highest BCUT2D eigenvalue weighted by Crippen LogP contribution is 2.37. The van der Waals surface area contributed by atoms with Gasteiger partial charge in [-0.25, -0.2) is 4.98 Å². The molecule has 0 saturated carbocycles. The van der Waals surface area contributed by atoms with Crippen LogP contribution in [0.25, 0.3) is 38.2 Å². The highest BCUT2D eigenvalue weighted by Gasteiger charge is 2.16. The molecule has 0 atom stereocenters. The highest BCUT2D eigenvalue weighted by molar-refractivity contribution is 9.10. The molecule has 5 aromatic rings. The van der Waals surface area contributed by atoms with Gasteiger partial charge in [-0.05, 0) is 60.0 Å². The van der Waals surface area contributed by atoms with Crippen LogP contribution in [-0.2, 0) is 0 Å². The first kappa shape index (κ1) is 18.6. The van der Waals surface area contributed by atoms with E-state index in [1.807, 2.05) is 0 Å². The van der Waals surface area contributed by atoms with Gasteiger partial charge in [-0.15, -0.1) is 0 Å². The van der Waals surface area contributed by atoms with E-state index in [4.69, 9.17) is 4.98 Å². The number of fused-ring (bicyclic) bond motifs is 6. The molecular weight excluding hydrogens is 488 g/mol. The number of hydrogen-bond donors (Lipinski definition) is 1. The first-order chi connectivity index (χ1) is 14.1. The van der Waals surface area contributed by atoms with Crippen LogP contribution in [0.4, 0.5) is 0 Å². The van der Waals surface area contributed by atoms with Crippen LogP contribution in [0.2, 0.25) is 0 Å². The second-order valence-corrected chi connectivity index (χ2v) is 9.04. The molecule has 4 aromatic carbocycles. The molecule has 0 aliphatic carbocycles. The van der Waals surface area contributed by atoms with E-state index < -0.39 is 0 Å². The molecule has 0 saturated heterocycles. The van der Waals surface area contributed by atoms with Gasteiger partial charge in [0.25, 0.3) is 0 Å². The van der Waals surface area contributed by atoms with Crippen molar-refractivity contribution in [2.75, 3.05) is 0 Å². The first-order valence-corrected chi connectivity index (χ1v) is 11.1. The number of aryl methyl sites for hydroxylation is 1. The lowest BCUT2D eigenvalue weighted by Gasteiger charge is -2.09. The Bertz CT molecular complexity index is 1440. The molecule has 1 heterocycles. The Morgan fingerprint density at radius 1 is 0.862 bits per heavy atom. The van der Waals surface area contributed by atoms with E-state index in [0.717, 1.165) is 36.8 Å². The number of aromatic amines is 1. The first-order valence-electron chi connectivity index (χ1n) is 9.49. The molecule has 0 amide bonds. The standard InChI is InChI=1S/C25H18Br2N2/c1-3-17(21-12-15(26)9-8-14(21)2)25-28-23-20-7-5-4-6-18(20)19-11-10-16(27)13-22(19)24(23)29-25/h3-13H,1-2H3,(H,28,29)/b17-3+. The Morgan fingerprint density at radius 3 is 2.34 bits per heavy atom. The second-order valence-electron chi connectivity index (χ2n) is 7.21. The minimum absolute atomic E-state index is 0.890. The summed E-state index contributed by atoms with van der Waals surface area (Å²) in [6.07, 6.45) is 2.13. The maximum atomic E-state index is 5.09. The molecule has 0 aliphatic heterocycles. The van der Waals surface area contributed by atoms with Crippen molar-refractivity contribution in [1.82, 2.24) is 9.97 Å². The van der Waals surface area contributed by atoms with Crippen LogP contribution < -0.4 is 0 Å². The van der Waals surface area contributed by atoms with Crippen LogP contribution in [0.3, 0.4) is 0 Å². The molecule has 0 bridgehead atoms. The number of aromatic nitrogens is 2. The maximum absolute atomic E-state index is 5.09. The third-order valence-corrected chi connectivity index (χ3v) is 6.45. The SMILES string of the molecule is C/C=C(/c1nc2c3cc(Br)ccc3c3ccccc3c2[nH]1)c1cc(Br)ccc1C. The van der Waals surface area contributed by atoms with Crippen molar-refractivity contribution in [3.05, 3.63) is 92.6 Å². The number of nitrogens with one attached hydrogen (secondary N) is 1. The minimum Gasteiger partial charge on any atom is -0.337 e. The summed E-state index contributed by atoms with van der Waals surface area (Å²) in [6.45, 7) is 4.20. The number of allylic oxidation sites excluding steroid dienone is 1. The van der Waals surface area contributed by atoms with E-state index in [9.17, 15) is 0 Å². The molecule has 142 valence electrons. The highest BCUT2D eigenvalue weighted by atomic mass is 79.9. The van der Waals surface area contributed by atoms with Gasteiger partial charge in [0, 0.05) is 25.3 Å². The largest absolute Gasteiger partial charge is 0.337 e. The number of rotatable bonds is 2. The summed E-state index contributed by atoms with van der Waals surface area (Å²) in [5.41, 5.74) is 5.58. The Morgan fingerprint density at radius 2 is 1.55 bits per heavy atom. The van der Waals surface area contributed by atoms with Crippen LogP contribution in [0, 0.1) is 6.92 Å². The van der Waals surface area contributed by atoms with Crippen molar-refractivity contribution in [3.63, 3.8) is 0 Å². The van der Waals surface area contributed by atoms with Crippen LogP contribution in [0.1, 0.15) is 23.9 Å². The summed E-state index contributed by atoms with van der Waals surface area (Å²) in [7, 11) is 0. The van der Waals surface area contributed by atoms with Crippen molar-refractivity contribution in [1.29, 1.82) is 0 Å². The summed E-state index contributed by atoms with van der Waals surface area (Å²) in [5, 5.41) is 4.79. The van der Waals surface area contributed by atoms with Crippen molar-refractivity contribution >= 4 is 70.0 Å². The van der Waals surface area contributed by atoms with Crippen molar-refractivity contribution < 1.29 is 0 Å². The monoisotopic (exact) mass is 504 g/mol. The molecule has 1 N–H and O–H groups in total. The van der Waals surface area contributed by atoms with Gasteiger partial charge in [0.15, 0.2) is 0 Å². The molecule has 1 aromatic heterocycles. The fourth-order valence-corrected chi connectivity index (χ4v) is 4.80. The Labute approximate surface area is 185 Å². The number of hydrogen-bond acceptors (Lipinski definition) is 1. The lowest BCUT2D eigenvalue weighted by Crippen LogP contribution is -1.93. The van der Waals surface area contributed by atoms with Crippen LogP contribution in [0.15, 0.2) is 75.7 Å². The van der Waals surface area contributed by atoms with Crippen LogP contribution in [-0.4, -0.2) is 9.97 Å². The smallest absolute Gasteiger partial charge is 0.138 e.